The number of nitro groups is 1. The second kappa shape index (κ2) is 7.16. The summed E-state index contributed by atoms with van der Waals surface area (Å²) in [6.45, 7) is 1.50. The molecule has 2 heterocycles. The molecule has 0 N–H and O–H groups in total. The van der Waals surface area contributed by atoms with Crippen LogP contribution in [0.25, 0.3) is 0 Å². The Morgan fingerprint density at radius 2 is 2.19 bits per heavy atom. The summed E-state index contributed by atoms with van der Waals surface area (Å²) in [6, 6.07) is 4.10. The number of benzene rings is 1. The van der Waals surface area contributed by atoms with Gasteiger partial charge in [-0.2, -0.15) is 22.5 Å². The van der Waals surface area contributed by atoms with E-state index in [1.54, 1.807) is 17.0 Å². The molecule has 11 heteroatoms. The number of fused-ring (bicyclic) bond motifs is 1. The van der Waals surface area contributed by atoms with Crippen LogP contribution < -0.4 is 0 Å². The summed E-state index contributed by atoms with van der Waals surface area (Å²) in [6.07, 6.45) is 7.31. The lowest BCUT2D eigenvalue weighted by molar-refractivity contribution is -0.387. The van der Waals surface area contributed by atoms with Gasteiger partial charge in [0.15, 0.2) is 16.8 Å². The fraction of sp³-hybridized carbons (Fsp3) is 0.188. The quantitative estimate of drug-likeness (QED) is 0.296. The molecule has 0 unspecified atom stereocenters. The lowest BCUT2D eigenvalue weighted by atomic mass is 10.2. The molecular formula is C16H15BrN5O4S+. The first kappa shape index (κ1) is 19.1. The zero-order valence-corrected chi connectivity index (χ0v) is 16.8. The largest absolute Gasteiger partial charge is 0.307 e. The normalized spacial score (nSPS) is 16.4. The maximum Gasteiger partial charge on any atom is 0.307 e. The molecule has 1 aromatic carbocycles. The highest BCUT2D eigenvalue weighted by Crippen LogP contribution is 2.29. The standard InChI is InChI=1S/C16H15BrN5O4S/c1-11-4-3-5-14(22(23)24)16(11)27(25,26)20(2)19-9-13-8-18-15-7-6-12(17)10-21(13)15/h3-6,8-10H,7H2,1-2H3/q+1. The van der Waals surface area contributed by atoms with Gasteiger partial charge in [0.25, 0.3) is 15.7 Å². The Balaban J connectivity index is 1.91. The van der Waals surface area contributed by atoms with Crippen molar-refractivity contribution in [2.45, 2.75) is 18.2 Å². The van der Waals surface area contributed by atoms with E-state index in [0.717, 1.165) is 20.8 Å². The summed E-state index contributed by atoms with van der Waals surface area (Å²) >= 11 is 3.39. The van der Waals surface area contributed by atoms with Crippen molar-refractivity contribution in [3.8, 4) is 0 Å². The smallest absolute Gasteiger partial charge is 0.258 e. The highest BCUT2D eigenvalue weighted by Gasteiger charge is 2.32. The molecule has 27 heavy (non-hydrogen) atoms. The number of amidine groups is 1. The number of aliphatic imine (C=N–C) groups is 1. The average molecular weight is 453 g/mol. The molecule has 0 radical (unpaired) electrons. The summed E-state index contributed by atoms with van der Waals surface area (Å²) in [7, 11) is -2.97. The summed E-state index contributed by atoms with van der Waals surface area (Å²) in [5.41, 5.74) is 0.368. The SMILES string of the molecule is Cc1cccc([N+](=O)[O-])c1S(=O)(=O)N(C)N=CC1=CN=C2CC=C(Br)C=[N+]12. The first-order valence-corrected chi connectivity index (χ1v) is 9.98. The minimum Gasteiger partial charge on any atom is -0.258 e. The van der Waals surface area contributed by atoms with Crippen LogP contribution in [0.4, 0.5) is 5.69 Å². The minimum absolute atomic E-state index is 0.274. The van der Waals surface area contributed by atoms with Gasteiger partial charge in [-0.05, 0) is 33.4 Å². The number of hydrogen-bond acceptors (Lipinski definition) is 6. The Hall–Kier alpha value is -2.66. The van der Waals surface area contributed by atoms with Gasteiger partial charge in [-0.15, -0.1) is 0 Å². The second-order valence-electron chi connectivity index (χ2n) is 5.76. The third-order valence-electron chi connectivity index (χ3n) is 3.98. The van der Waals surface area contributed by atoms with Gasteiger partial charge in [0.05, 0.1) is 22.0 Å². The molecule has 0 saturated heterocycles. The molecule has 0 atom stereocenters. The molecule has 3 rings (SSSR count). The van der Waals surface area contributed by atoms with E-state index in [2.05, 4.69) is 26.0 Å². The molecular weight excluding hydrogens is 438 g/mol. The maximum atomic E-state index is 12.8. The third-order valence-corrected chi connectivity index (χ3v) is 6.35. The summed E-state index contributed by atoms with van der Waals surface area (Å²) in [4.78, 5) is 14.4. The van der Waals surface area contributed by atoms with Crippen molar-refractivity contribution in [1.29, 1.82) is 0 Å². The van der Waals surface area contributed by atoms with E-state index in [1.165, 1.54) is 32.3 Å². The van der Waals surface area contributed by atoms with Crippen LogP contribution in [0.1, 0.15) is 12.0 Å². The highest BCUT2D eigenvalue weighted by atomic mass is 79.9. The van der Waals surface area contributed by atoms with Gasteiger partial charge in [0.2, 0.25) is 0 Å². The van der Waals surface area contributed by atoms with Crippen molar-refractivity contribution in [3.05, 3.63) is 56.3 Å². The molecule has 140 valence electrons. The number of allylic oxidation sites excluding steroid dienone is 2. The summed E-state index contributed by atoms with van der Waals surface area (Å²) in [5.74, 6) is 0.791. The van der Waals surface area contributed by atoms with E-state index in [0.29, 0.717) is 12.1 Å². The summed E-state index contributed by atoms with van der Waals surface area (Å²) < 4.78 is 29.1. The zero-order valence-electron chi connectivity index (χ0n) is 14.4. The van der Waals surface area contributed by atoms with E-state index in [4.69, 9.17) is 0 Å². The average Bonchev–Trinajstić information content (AvgIpc) is 3.01. The predicted molar refractivity (Wildman–Crippen MR) is 105 cm³/mol. The maximum absolute atomic E-state index is 12.8. The van der Waals surface area contributed by atoms with Crippen molar-refractivity contribution in [3.63, 3.8) is 0 Å². The predicted octanol–water partition coefficient (Wildman–Crippen LogP) is 2.53. The van der Waals surface area contributed by atoms with Crippen molar-refractivity contribution in [2.24, 2.45) is 10.1 Å². The lowest BCUT2D eigenvalue weighted by Gasteiger charge is -2.15. The Bertz CT molecular complexity index is 1090. The molecule has 0 fully saturated rings. The van der Waals surface area contributed by atoms with E-state index in [-0.39, 0.29) is 10.5 Å². The molecule has 0 amide bonds. The number of aryl methyl sites for hydroxylation is 1. The Morgan fingerprint density at radius 3 is 2.89 bits per heavy atom. The van der Waals surface area contributed by atoms with Gasteiger partial charge in [0, 0.05) is 13.1 Å². The fourth-order valence-corrected chi connectivity index (χ4v) is 4.31. The number of hydrogen-bond donors (Lipinski definition) is 0. The van der Waals surface area contributed by atoms with Crippen LogP contribution in [0.5, 0.6) is 0 Å². The Labute approximate surface area is 164 Å². The van der Waals surface area contributed by atoms with Crippen LogP contribution in [-0.4, -0.2) is 47.6 Å². The van der Waals surface area contributed by atoms with Crippen molar-refractivity contribution in [1.82, 2.24) is 4.41 Å². The monoisotopic (exact) mass is 452 g/mol. The number of nitrogens with zero attached hydrogens (tertiary/aromatic N) is 5. The molecule has 0 aliphatic carbocycles. The molecule has 0 aromatic heterocycles. The van der Waals surface area contributed by atoms with Crippen LogP contribution in [0.2, 0.25) is 0 Å². The van der Waals surface area contributed by atoms with Gasteiger partial charge < -0.3 is 0 Å². The lowest BCUT2D eigenvalue weighted by Crippen LogP contribution is -2.25. The van der Waals surface area contributed by atoms with Crippen LogP contribution in [-0.2, 0) is 10.0 Å². The van der Waals surface area contributed by atoms with Crippen LogP contribution >= 0.6 is 15.9 Å². The Kier molecular flexibility index (Phi) is 5.07. The molecule has 2 aliphatic heterocycles. The van der Waals surface area contributed by atoms with Gasteiger partial charge in [-0.25, -0.2) is 0 Å². The molecule has 0 spiro atoms. The minimum atomic E-state index is -4.20. The topological polar surface area (TPSA) is 108 Å². The molecule has 0 saturated carbocycles. The first-order chi connectivity index (χ1) is 12.7. The second-order valence-corrected chi connectivity index (χ2v) is 8.56. The van der Waals surface area contributed by atoms with E-state index >= 15 is 0 Å². The Morgan fingerprint density at radius 1 is 1.44 bits per heavy atom. The molecule has 9 nitrogen and oxygen atoms in total. The van der Waals surface area contributed by atoms with Crippen molar-refractivity contribution >= 4 is 49.9 Å². The van der Waals surface area contributed by atoms with Crippen molar-refractivity contribution in [2.75, 3.05) is 7.05 Å². The van der Waals surface area contributed by atoms with Crippen LogP contribution in [0.3, 0.4) is 0 Å². The van der Waals surface area contributed by atoms with Gasteiger partial charge in [-0.3, -0.25) is 10.1 Å². The number of nitro benzene ring substituents is 1. The van der Waals surface area contributed by atoms with Crippen molar-refractivity contribution < 1.29 is 17.9 Å². The third kappa shape index (κ3) is 3.60. The van der Waals surface area contributed by atoms with Gasteiger partial charge in [0.1, 0.15) is 6.21 Å². The molecule has 0 bridgehead atoms. The van der Waals surface area contributed by atoms with Gasteiger partial charge in [-0.1, -0.05) is 18.2 Å². The summed E-state index contributed by atoms with van der Waals surface area (Å²) in [5, 5.41) is 15.2. The first-order valence-electron chi connectivity index (χ1n) is 7.75. The molecule has 1 aromatic rings. The molecule has 2 aliphatic rings. The number of sulfonamides is 1. The van der Waals surface area contributed by atoms with E-state index in [1.807, 2.05) is 6.08 Å². The number of halogens is 1. The highest BCUT2D eigenvalue weighted by molar-refractivity contribution is 9.12. The van der Waals surface area contributed by atoms with Crippen LogP contribution in [0, 0.1) is 17.0 Å². The van der Waals surface area contributed by atoms with E-state index in [9.17, 15) is 18.5 Å². The fourth-order valence-electron chi connectivity index (χ4n) is 2.63. The number of rotatable bonds is 5. The number of hydrazone groups is 1. The van der Waals surface area contributed by atoms with Gasteiger partial charge >= 0.3 is 5.84 Å². The van der Waals surface area contributed by atoms with Crippen LogP contribution in [0.15, 0.2) is 55.6 Å². The van der Waals surface area contributed by atoms with E-state index < -0.39 is 20.6 Å². The zero-order chi connectivity index (χ0) is 19.8.